The maximum atomic E-state index is 13.8. The van der Waals surface area contributed by atoms with E-state index in [1.54, 1.807) is 30.3 Å². The van der Waals surface area contributed by atoms with Gasteiger partial charge in [0.25, 0.3) is 5.76 Å². The average Bonchev–Trinajstić information content (AvgIpc) is 2.85. The molecule has 5 aromatic rings. The van der Waals surface area contributed by atoms with Gasteiger partial charge in [-0.1, -0.05) is 60.1 Å². The summed E-state index contributed by atoms with van der Waals surface area (Å²) in [5.74, 6) is -3.65. The Bertz CT molecular complexity index is 1690. The molecule has 0 aliphatic heterocycles. The van der Waals surface area contributed by atoms with Gasteiger partial charge in [0, 0.05) is 6.07 Å². The van der Waals surface area contributed by atoms with Gasteiger partial charge in [-0.15, -0.1) is 0 Å². The van der Waals surface area contributed by atoms with Crippen molar-refractivity contribution < 1.29 is 31.9 Å². The van der Waals surface area contributed by atoms with E-state index in [1.165, 1.54) is 30.3 Å². The molecule has 0 aliphatic carbocycles. The molecule has 0 bridgehead atoms. The Labute approximate surface area is 206 Å². The molecule has 1 heterocycles. The number of hydrogen-bond donors (Lipinski definition) is 0. The van der Waals surface area contributed by atoms with Crippen LogP contribution in [0.25, 0.3) is 21.7 Å². The summed E-state index contributed by atoms with van der Waals surface area (Å²) in [6.45, 7) is 0. The second kappa shape index (κ2) is 9.05. The van der Waals surface area contributed by atoms with Crippen molar-refractivity contribution in [3.05, 3.63) is 111 Å². The van der Waals surface area contributed by atoms with Crippen molar-refractivity contribution in [3.8, 4) is 17.2 Å². The lowest BCUT2D eigenvalue weighted by atomic mass is 10.0. The van der Waals surface area contributed by atoms with Crippen molar-refractivity contribution in [1.29, 1.82) is 0 Å². The van der Waals surface area contributed by atoms with Crippen molar-refractivity contribution in [1.82, 2.24) is 0 Å². The molecule has 0 amide bonds. The molecule has 0 fully saturated rings. The van der Waals surface area contributed by atoms with E-state index in [0.717, 1.165) is 11.5 Å². The van der Waals surface area contributed by atoms with E-state index >= 15 is 0 Å². The van der Waals surface area contributed by atoms with Gasteiger partial charge in [-0.2, -0.15) is 13.2 Å². The molecule has 180 valence electrons. The van der Waals surface area contributed by atoms with Crippen molar-refractivity contribution in [2.75, 3.05) is 0 Å². The Balaban J connectivity index is 1.56. The van der Waals surface area contributed by atoms with Crippen LogP contribution in [0.15, 0.2) is 94.1 Å². The molecule has 5 nitrogen and oxygen atoms in total. The highest BCUT2D eigenvalue weighted by molar-refractivity contribution is 6.32. The lowest BCUT2D eigenvalue weighted by Crippen LogP contribution is -2.16. The van der Waals surface area contributed by atoms with Crippen LogP contribution in [0.4, 0.5) is 13.2 Å². The first kappa shape index (κ1) is 23.4. The summed E-state index contributed by atoms with van der Waals surface area (Å²) in [4.78, 5) is 25.8. The Hall–Kier alpha value is -4.30. The summed E-state index contributed by atoms with van der Waals surface area (Å²) < 4.78 is 57.1. The summed E-state index contributed by atoms with van der Waals surface area (Å²) in [6.07, 6.45) is -5.06. The van der Waals surface area contributed by atoms with E-state index in [0.29, 0.717) is 5.39 Å². The summed E-state index contributed by atoms with van der Waals surface area (Å²) in [6, 6.07) is 21.6. The Morgan fingerprint density at radius 3 is 2.36 bits per heavy atom. The first-order valence-electron chi connectivity index (χ1n) is 10.5. The van der Waals surface area contributed by atoms with E-state index < -0.39 is 34.7 Å². The zero-order valence-corrected chi connectivity index (χ0v) is 18.9. The highest BCUT2D eigenvalue weighted by atomic mass is 35.5. The third-order valence-electron chi connectivity index (χ3n) is 5.35. The van der Waals surface area contributed by atoms with Gasteiger partial charge >= 0.3 is 12.1 Å². The molecule has 0 atom stereocenters. The number of esters is 1. The molecule has 1 aromatic heterocycles. The molecule has 0 spiro atoms. The fourth-order valence-electron chi connectivity index (χ4n) is 3.70. The van der Waals surface area contributed by atoms with Crippen LogP contribution >= 0.6 is 11.6 Å². The number of benzene rings is 4. The zero-order valence-electron chi connectivity index (χ0n) is 18.1. The molecule has 0 aliphatic rings. The number of carbonyl (C=O) groups excluding carboxylic acids is 1. The van der Waals surface area contributed by atoms with Gasteiger partial charge in [-0.05, 0) is 41.1 Å². The first-order valence-corrected chi connectivity index (χ1v) is 10.9. The Morgan fingerprint density at radius 2 is 1.58 bits per heavy atom. The smallest absolute Gasteiger partial charge is 0.448 e. The molecule has 0 saturated carbocycles. The average molecular weight is 511 g/mol. The lowest BCUT2D eigenvalue weighted by molar-refractivity contribution is -0.154. The number of hydrogen-bond acceptors (Lipinski definition) is 5. The van der Waals surface area contributed by atoms with Crippen LogP contribution in [0.1, 0.15) is 16.1 Å². The van der Waals surface area contributed by atoms with Crippen LogP contribution < -0.4 is 14.9 Å². The maximum absolute atomic E-state index is 13.8. The fraction of sp³-hybridized carbons (Fsp3) is 0.0370. The highest BCUT2D eigenvalue weighted by Gasteiger charge is 2.40. The van der Waals surface area contributed by atoms with Gasteiger partial charge in [-0.25, -0.2) is 4.79 Å². The number of rotatable bonds is 4. The topological polar surface area (TPSA) is 65.7 Å². The van der Waals surface area contributed by atoms with Crippen LogP contribution in [0, 0.1) is 0 Å². The van der Waals surface area contributed by atoms with Crippen LogP contribution in [-0.4, -0.2) is 5.97 Å². The van der Waals surface area contributed by atoms with Gasteiger partial charge in [0.1, 0.15) is 17.1 Å². The van der Waals surface area contributed by atoms with Gasteiger partial charge < -0.3 is 13.9 Å². The molecule has 36 heavy (non-hydrogen) atoms. The van der Waals surface area contributed by atoms with Gasteiger partial charge in [0.05, 0.1) is 16.0 Å². The molecular weight excluding hydrogens is 497 g/mol. The summed E-state index contributed by atoms with van der Waals surface area (Å²) in [7, 11) is 0. The lowest BCUT2D eigenvalue weighted by Gasteiger charge is -2.14. The molecule has 0 radical (unpaired) electrons. The SMILES string of the molecule is O=C(Oc1ccc2c(=O)c(Oc3ccccc3Cl)c(C(F)(F)F)oc2c1)c1cccc2ccccc12. The van der Waals surface area contributed by atoms with Crippen molar-refractivity contribution in [2.45, 2.75) is 6.18 Å². The van der Waals surface area contributed by atoms with Crippen LogP contribution in [0.5, 0.6) is 17.2 Å². The molecule has 9 heteroatoms. The number of fused-ring (bicyclic) bond motifs is 2. The second-order valence-corrected chi connectivity index (χ2v) is 8.10. The fourth-order valence-corrected chi connectivity index (χ4v) is 3.88. The molecule has 0 saturated heterocycles. The third-order valence-corrected chi connectivity index (χ3v) is 5.66. The van der Waals surface area contributed by atoms with E-state index in [2.05, 4.69) is 0 Å². The predicted octanol–water partition coefficient (Wildman–Crippen LogP) is 7.63. The van der Waals surface area contributed by atoms with Gasteiger partial charge in [-0.3, -0.25) is 4.79 Å². The monoisotopic (exact) mass is 510 g/mol. The third kappa shape index (κ3) is 4.38. The highest BCUT2D eigenvalue weighted by Crippen LogP contribution is 2.40. The number of alkyl halides is 3. The summed E-state index contributed by atoms with van der Waals surface area (Å²) in [5.41, 5.74) is -1.22. The van der Waals surface area contributed by atoms with Crippen LogP contribution in [-0.2, 0) is 6.18 Å². The standard InChI is InChI=1S/C27H14ClF3O5/c28-20-10-3-4-11-21(20)35-24-23(32)19-13-12-16(14-22(19)36-25(24)27(29,30)31)34-26(33)18-9-5-7-15-6-1-2-8-17(15)18/h1-14H. The normalized spacial score (nSPS) is 11.6. The number of carbonyl (C=O) groups is 1. The molecule has 0 unspecified atom stereocenters. The maximum Gasteiger partial charge on any atom is 0.453 e. The minimum absolute atomic E-state index is 0.0146. The largest absolute Gasteiger partial charge is 0.453 e. The van der Waals surface area contributed by atoms with E-state index in [1.807, 2.05) is 18.2 Å². The molecule has 5 rings (SSSR count). The number of para-hydroxylation sites is 1. The first-order chi connectivity index (χ1) is 17.2. The van der Waals surface area contributed by atoms with E-state index in [-0.39, 0.29) is 27.5 Å². The number of ether oxygens (including phenoxy) is 2. The quantitative estimate of drug-likeness (QED) is 0.184. The Morgan fingerprint density at radius 1 is 0.861 bits per heavy atom. The van der Waals surface area contributed by atoms with E-state index in [4.69, 9.17) is 25.5 Å². The van der Waals surface area contributed by atoms with Crippen molar-refractivity contribution in [3.63, 3.8) is 0 Å². The van der Waals surface area contributed by atoms with Gasteiger partial charge in [0.15, 0.2) is 0 Å². The summed E-state index contributed by atoms with van der Waals surface area (Å²) in [5, 5.41) is 1.28. The zero-order chi connectivity index (χ0) is 25.4. The molecule has 0 N–H and O–H groups in total. The number of halogens is 4. The molecular formula is C27H14ClF3O5. The molecule has 4 aromatic carbocycles. The summed E-state index contributed by atoms with van der Waals surface area (Å²) >= 11 is 5.98. The predicted molar refractivity (Wildman–Crippen MR) is 128 cm³/mol. The minimum atomic E-state index is -5.06. The van der Waals surface area contributed by atoms with Crippen LogP contribution in [0.3, 0.4) is 0 Å². The van der Waals surface area contributed by atoms with Crippen LogP contribution in [0.2, 0.25) is 5.02 Å². The van der Waals surface area contributed by atoms with Gasteiger partial charge in [0.2, 0.25) is 11.2 Å². The van der Waals surface area contributed by atoms with Crippen molar-refractivity contribution in [2.24, 2.45) is 0 Å². The van der Waals surface area contributed by atoms with E-state index in [9.17, 15) is 22.8 Å². The minimum Gasteiger partial charge on any atom is -0.448 e. The second-order valence-electron chi connectivity index (χ2n) is 7.69. The van der Waals surface area contributed by atoms with Crippen molar-refractivity contribution >= 4 is 39.3 Å². The Kier molecular flexibility index (Phi) is 5.89.